The SMILES string of the molecule is C#Cc1c(F)ccc2cc(OCOC)cc(-c3nc4c5c(nc(OC[C@@]67CCCN6C[C@H](F)C7)nc5c3F)N3CC5CCC(C3CO4)N5C(=O)OC(C)(C)C)c12. The Labute approximate surface area is 322 Å². The van der Waals surface area contributed by atoms with E-state index in [9.17, 15) is 9.18 Å². The van der Waals surface area contributed by atoms with Crippen LogP contribution in [0, 0.1) is 24.0 Å². The molecule has 5 aliphatic heterocycles. The maximum absolute atomic E-state index is 17.5. The number of hydrogen-bond donors (Lipinski definition) is 0. The number of hydrogen-bond acceptors (Lipinski definition) is 11. The summed E-state index contributed by atoms with van der Waals surface area (Å²) in [5, 5.41) is 0.970. The van der Waals surface area contributed by atoms with E-state index >= 15 is 8.78 Å². The van der Waals surface area contributed by atoms with Crippen LogP contribution in [-0.4, -0.2) is 113 Å². The Morgan fingerprint density at radius 1 is 1.09 bits per heavy atom. The van der Waals surface area contributed by atoms with Crippen LogP contribution < -0.4 is 19.1 Å². The molecule has 294 valence electrons. The quantitative estimate of drug-likeness (QED) is 0.154. The van der Waals surface area contributed by atoms with E-state index in [-0.39, 0.29) is 77.1 Å². The first-order valence-corrected chi connectivity index (χ1v) is 19.1. The molecule has 15 heteroatoms. The number of anilines is 1. The number of halogens is 3. The number of terminal acetylenes is 1. The van der Waals surface area contributed by atoms with Crippen molar-refractivity contribution in [2.24, 2.45) is 0 Å². The lowest BCUT2D eigenvalue weighted by atomic mass is 9.95. The van der Waals surface area contributed by atoms with Crippen molar-refractivity contribution < 1.29 is 41.7 Å². The molecular formula is C41H43F3N6O6. The number of rotatable bonds is 7. The Kier molecular flexibility index (Phi) is 8.85. The summed E-state index contributed by atoms with van der Waals surface area (Å²) in [6.45, 7) is 7.07. The lowest BCUT2D eigenvalue weighted by molar-refractivity contribution is 0.00537. The molecule has 0 aliphatic carbocycles. The average Bonchev–Trinajstić information content (AvgIpc) is 3.76. The van der Waals surface area contributed by atoms with E-state index in [4.69, 9.17) is 40.1 Å². The highest BCUT2D eigenvalue weighted by Crippen LogP contribution is 2.47. The van der Waals surface area contributed by atoms with Gasteiger partial charge in [-0.25, -0.2) is 22.9 Å². The maximum atomic E-state index is 17.5. The third kappa shape index (κ3) is 6.00. The number of benzene rings is 2. The third-order valence-electron chi connectivity index (χ3n) is 11.8. The molecule has 2 bridgehead atoms. The van der Waals surface area contributed by atoms with Crippen LogP contribution in [0.3, 0.4) is 0 Å². The van der Waals surface area contributed by atoms with E-state index in [1.54, 1.807) is 11.0 Å². The standard InChI is InChI=1S/C41H43F3N6O6/c1-6-26-28(43)10-8-22-14-25(55-21-52-5)15-27(31(22)26)34-33(44)35-32-36(47-38(46-35)54-20-41-12-7-13-48(41)17-23(42)16-41)49-18-24-9-11-29(30(49)19-53-37(32)45-34)50(24)39(51)56-40(2,3)4/h1,8,10,14-15,23-24,29-30H,7,9,11-13,16-21H2,2-5H3/t23-,24?,29?,30?,41+/m1/s1. The fourth-order valence-electron chi connectivity index (χ4n) is 9.50. The number of piperazine rings is 1. The molecule has 4 aromatic rings. The first-order chi connectivity index (χ1) is 26.9. The number of amides is 1. The number of carbonyl (C=O) groups is 1. The van der Waals surface area contributed by atoms with Gasteiger partial charge in [-0.2, -0.15) is 9.97 Å². The smallest absolute Gasteiger partial charge is 0.410 e. The van der Waals surface area contributed by atoms with Gasteiger partial charge in [0.25, 0.3) is 0 Å². The van der Waals surface area contributed by atoms with Crippen LogP contribution in [0.2, 0.25) is 0 Å². The van der Waals surface area contributed by atoms with Crippen LogP contribution in [-0.2, 0) is 9.47 Å². The maximum Gasteiger partial charge on any atom is 0.410 e. The summed E-state index contributed by atoms with van der Waals surface area (Å²) in [5.74, 6) is 1.65. The van der Waals surface area contributed by atoms with E-state index in [0.29, 0.717) is 42.9 Å². The van der Waals surface area contributed by atoms with Crippen molar-refractivity contribution in [2.45, 2.75) is 88.3 Å². The van der Waals surface area contributed by atoms with Gasteiger partial charge in [-0.3, -0.25) is 9.80 Å². The Morgan fingerprint density at radius 3 is 2.71 bits per heavy atom. The second-order valence-electron chi connectivity index (χ2n) is 16.4. The number of alkyl halides is 1. The van der Waals surface area contributed by atoms with E-state index in [0.717, 1.165) is 25.8 Å². The highest BCUT2D eigenvalue weighted by atomic mass is 19.1. The van der Waals surface area contributed by atoms with Crippen LogP contribution in [0.1, 0.15) is 58.4 Å². The Bertz CT molecular complexity index is 2300. The number of ether oxygens (including phenoxy) is 5. The van der Waals surface area contributed by atoms with E-state index in [1.807, 2.05) is 25.7 Å². The highest BCUT2D eigenvalue weighted by Gasteiger charge is 2.52. The van der Waals surface area contributed by atoms with Gasteiger partial charge in [0.2, 0.25) is 5.88 Å². The number of aromatic nitrogens is 3. The minimum atomic E-state index is -0.972. The molecule has 3 unspecified atom stereocenters. The summed E-state index contributed by atoms with van der Waals surface area (Å²) in [4.78, 5) is 33.9. The molecular weight excluding hydrogens is 729 g/mol. The fraction of sp³-hybridized carbons (Fsp3) is 0.512. The number of nitrogens with zero attached hydrogens (tertiary/aromatic N) is 6. The molecule has 7 heterocycles. The summed E-state index contributed by atoms with van der Waals surface area (Å²) in [6.07, 6.45) is 7.89. The van der Waals surface area contributed by atoms with Gasteiger partial charge in [-0.05, 0) is 76.6 Å². The predicted octanol–water partition coefficient (Wildman–Crippen LogP) is 6.39. The largest absolute Gasteiger partial charge is 0.475 e. The van der Waals surface area contributed by atoms with Crippen molar-refractivity contribution in [2.75, 3.05) is 51.7 Å². The van der Waals surface area contributed by atoms with Gasteiger partial charge in [-0.15, -0.1) is 6.42 Å². The summed E-state index contributed by atoms with van der Waals surface area (Å²) >= 11 is 0. The second kappa shape index (κ2) is 13.5. The number of methoxy groups -OCH3 is 1. The summed E-state index contributed by atoms with van der Waals surface area (Å²) in [7, 11) is 1.47. The van der Waals surface area contributed by atoms with Gasteiger partial charge in [0.05, 0.1) is 29.2 Å². The van der Waals surface area contributed by atoms with Crippen LogP contribution in [0.15, 0.2) is 24.3 Å². The zero-order valence-electron chi connectivity index (χ0n) is 31.7. The Morgan fingerprint density at radius 2 is 1.93 bits per heavy atom. The van der Waals surface area contributed by atoms with E-state index in [1.165, 1.54) is 25.3 Å². The first-order valence-electron chi connectivity index (χ1n) is 19.1. The van der Waals surface area contributed by atoms with E-state index < -0.39 is 41.1 Å². The van der Waals surface area contributed by atoms with Crippen LogP contribution in [0.5, 0.6) is 17.6 Å². The molecule has 5 atom stereocenters. The van der Waals surface area contributed by atoms with Gasteiger partial charge < -0.3 is 28.6 Å². The zero-order valence-corrected chi connectivity index (χ0v) is 31.7. The molecule has 0 N–H and O–H groups in total. The topological polar surface area (TPSA) is 112 Å². The number of fused-ring (bicyclic) bond motifs is 7. The van der Waals surface area contributed by atoms with Gasteiger partial charge in [0.1, 0.15) is 59.0 Å². The molecule has 56 heavy (non-hydrogen) atoms. The van der Waals surface area contributed by atoms with Crippen molar-refractivity contribution >= 4 is 33.6 Å². The minimum absolute atomic E-state index is 0.0543. The molecule has 4 fully saturated rings. The predicted molar refractivity (Wildman–Crippen MR) is 201 cm³/mol. The lowest BCUT2D eigenvalue weighted by Crippen LogP contribution is -2.63. The fourth-order valence-corrected chi connectivity index (χ4v) is 9.50. The average molecular weight is 773 g/mol. The van der Waals surface area contributed by atoms with Crippen molar-refractivity contribution in [1.82, 2.24) is 24.8 Å². The van der Waals surface area contributed by atoms with E-state index in [2.05, 4.69) is 15.8 Å². The second-order valence-corrected chi connectivity index (χ2v) is 16.4. The summed E-state index contributed by atoms with van der Waals surface area (Å²) in [5.41, 5.74) is -1.46. The molecule has 4 saturated heterocycles. The highest BCUT2D eigenvalue weighted by molar-refractivity contribution is 6.04. The van der Waals surface area contributed by atoms with Gasteiger partial charge >= 0.3 is 12.1 Å². The summed E-state index contributed by atoms with van der Waals surface area (Å²) in [6, 6.07) is 4.97. The molecule has 1 amide bonds. The van der Waals surface area contributed by atoms with Gasteiger partial charge in [0.15, 0.2) is 12.6 Å². The molecule has 0 radical (unpaired) electrons. The normalized spacial score (nSPS) is 25.5. The number of carbonyl (C=O) groups excluding carboxylic acids is 1. The molecule has 2 aromatic heterocycles. The molecule has 0 spiro atoms. The summed E-state index contributed by atoms with van der Waals surface area (Å²) < 4.78 is 77.2. The molecule has 9 rings (SSSR count). The zero-order chi connectivity index (χ0) is 39.1. The van der Waals surface area contributed by atoms with Crippen LogP contribution in [0.4, 0.5) is 23.8 Å². The molecule has 5 aliphatic rings. The molecule has 12 nitrogen and oxygen atoms in total. The Hall–Kier alpha value is -5.07. The first kappa shape index (κ1) is 36.6. The lowest BCUT2D eigenvalue weighted by Gasteiger charge is -2.46. The monoisotopic (exact) mass is 772 g/mol. The molecule has 2 aromatic carbocycles. The van der Waals surface area contributed by atoms with Crippen molar-refractivity contribution in [3.05, 3.63) is 41.5 Å². The molecule has 0 saturated carbocycles. The van der Waals surface area contributed by atoms with Gasteiger partial charge in [0, 0.05) is 37.6 Å². The third-order valence-corrected chi connectivity index (χ3v) is 11.8. The minimum Gasteiger partial charge on any atom is -0.475 e. The van der Waals surface area contributed by atoms with Crippen molar-refractivity contribution in [3.63, 3.8) is 0 Å². The van der Waals surface area contributed by atoms with Crippen molar-refractivity contribution in [1.29, 1.82) is 0 Å². The van der Waals surface area contributed by atoms with Gasteiger partial charge in [-0.1, -0.05) is 12.0 Å². The number of pyridine rings is 1. The van der Waals surface area contributed by atoms with Crippen LogP contribution in [0.25, 0.3) is 32.9 Å². The van der Waals surface area contributed by atoms with Crippen molar-refractivity contribution in [3.8, 4) is 41.2 Å². The van der Waals surface area contributed by atoms with Crippen LogP contribution >= 0.6 is 0 Å². The Balaban J connectivity index is 1.21.